The van der Waals surface area contributed by atoms with Crippen molar-refractivity contribution in [3.63, 3.8) is 0 Å². The number of nitrogens with one attached hydrogen (secondary N) is 1. The van der Waals surface area contributed by atoms with Gasteiger partial charge in [0.15, 0.2) is 0 Å². The van der Waals surface area contributed by atoms with Gasteiger partial charge in [0.25, 0.3) is 0 Å². The number of hydrogen-bond donors (Lipinski definition) is 1. The van der Waals surface area contributed by atoms with Gasteiger partial charge in [-0.25, -0.2) is 0 Å². The van der Waals surface area contributed by atoms with Gasteiger partial charge in [0.05, 0.1) is 6.04 Å². The molecule has 3 rings (SSSR count). The number of fused-ring (bicyclic) bond motifs is 1. The lowest BCUT2D eigenvalue weighted by molar-refractivity contribution is 0.260. The summed E-state index contributed by atoms with van der Waals surface area (Å²) in [5.41, 5.74) is 0.965. The van der Waals surface area contributed by atoms with Gasteiger partial charge < -0.3 is 9.73 Å². The molecule has 1 aliphatic rings. The number of furan rings is 1. The zero-order valence-electron chi connectivity index (χ0n) is 12.9. The molecule has 1 aliphatic carbocycles. The molecular formula is C18H24BrNO. The van der Waals surface area contributed by atoms with E-state index in [1.165, 1.54) is 37.5 Å². The fourth-order valence-corrected chi connectivity index (χ4v) is 3.87. The van der Waals surface area contributed by atoms with Crippen LogP contribution in [0.25, 0.3) is 11.0 Å². The van der Waals surface area contributed by atoms with E-state index in [0.717, 1.165) is 21.7 Å². The minimum Gasteiger partial charge on any atom is -0.459 e. The first kappa shape index (κ1) is 15.1. The number of benzene rings is 1. The van der Waals surface area contributed by atoms with Crippen molar-refractivity contribution in [3.05, 3.63) is 34.5 Å². The summed E-state index contributed by atoms with van der Waals surface area (Å²) in [7, 11) is 0. The minimum atomic E-state index is 0.258. The van der Waals surface area contributed by atoms with Crippen molar-refractivity contribution >= 4 is 26.9 Å². The van der Waals surface area contributed by atoms with Crippen LogP contribution in [0.5, 0.6) is 0 Å². The van der Waals surface area contributed by atoms with Crippen molar-refractivity contribution in [2.24, 2.45) is 5.92 Å². The molecule has 0 spiro atoms. The number of rotatable bonds is 4. The van der Waals surface area contributed by atoms with Crippen molar-refractivity contribution in [1.29, 1.82) is 0 Å². The van der Waals surface area contributed by atoms with Crippen molar-refractivity contribution in [2.75, 3.05) is 0 Å². The molecule has 21 heavy (non-hydrogen) atoms. The fraction of sp³-hybridized carbons (Fsp3) is 0.556. The van der Waals surface area contributed by atoms with E-state index in [0.29, 0.717) is 6.04 Å². The third-order valence-electron chi connectivity index (χ3n) is 4.79. The predicted molar refractivity (Wildman–Crippen MR) is 91.5 cm³/mol. The molecule has 1 aromatic carbocycles. The van der Waals surface area contributed by atoms with E-state index in [-0.39, 0.29) is 6.04 Å². The van der Waals surface area contributed by atoms with Gasteiger partial charge >= 0.3 is 0 Å². The second-order valence-corrected chi connectivity index (χ2v) is 7.32. The summed E-state index contributed by atoms with van der Waals surface area (Å²) in [6.07, 6.45) is 6.94. The lowest BCUT2D eigenvalue weighted by Crippen LogP contribution is -2.36. The predicted octanol–water partition coefficient (Wildman–Crippen LogP) is 5.81. The Morgan fingerprint density at radius 3 is 2.67 bits per heavy atom. The summed E-state index contributed by atoms with van der Waals surface area (Å²) < 4.78 is 7.09. The Bertz CT molecular complexity index is 600. The molecule has 0 radical (unpaired) electrons. The SMILES string of the molecule is CC(NC(C)C1CCCCC1)c1cc2cc(Br)ccc2o1. The quantitative estimate of drug-likeness (QED) is 0.752. The Morgan fingerprint density at radius 1 is 1.14 bits per heavy atom. The Hall–Kier alpha value is -0.800. The van der Waals surface area contributed by atoms with Gasteiger partial charge in [-0.2, -0.15) is 0 Å². The molecule has 2 unspecified atom stereocenters. The molecule has 0 saturated heterocycles. The third-order valence-corrected chi connectivity index (χ3v) is 5.29. The van der Waals surface area contributed by atoms with Crippen LogP contribution in [0, 0.1) is 5.92 Å². The van der Waals surface area contributed by atoms with Crippen LogP contribution in [0.1, 0.15) is 57.8 Å². The minimum absolute atomic E-state index is 0.258. The van der Waals surface area contributed by atoms with E-state index in [9.17, 15) is 0 Å². The number of hydrogen-bond acceptors (Lipinski definition) is 2. The van der Waals surface area contributed by atoms with Crippen LogP contribution in [0.15, 0.2) is 33.2 Å². The van der Waals surface area contributed by atoms with E-state index in [2.05, 4.69) is 47.2 Å². The first-order valence-electron chi connectivity index (χ1n) is 8.08. The molecule has 2 nitrogen and oxygen atoms in total. The Balaban J connectivity index is 1.69. The van der Waals surface area contributed by atoms with E-state index in [4.69, 9.17) is 4.42 Å². The standard InChI is InChI=1S/C18H24BrNO/c1-12(14-6-4-3-5-7-14)20-13(2)18-11-15-10-16(19)8-9-17(15)21-18/h8-14,20H,3-7H2,1-2H3. The molecule has 114 valence electrons. The van der Waals surface area contributed by atoms with Crippen molar-refractivity contribution in [1.82, 2.24) is 5.32 Å². The van der Waals surface area contributed by atoms with E-state index < -0.39 is 0 Å². The Kier molecular flexibility index (Phi) is 4.70. The maximum Gasteiger partial charge on any atom is 0.134 e. The molecule has 2 aromatic rings. The highest BCUT2D eigenvalue weighted by Crippen LogP contribution is 2.30. The largest absolute Gasteiger partial charge is 0.459 e. The summed E-state index contributed by atoms with van der Waals surface area (Å²) in [5.74, 6) is 1.85. The number of halogens is 1. The van der Waals surface area contributed by atoms with Gasteiger partial charge in [-0.3, -0.25) is 0 Å². The average Bonchev–Trinajstić information content (AvgIpc) is 2.91. The lowest BCUT2D eigenvalue weighted by atomic mass is 9.84. The van der Waals surface area contributed by atoms with Gasteiger partial charge in [0, 0.05) is 15.9 Å². The van der Waals surface area contributed by atoms with Crippen molar-refractivity contribution in [2.45, 2.75) is 58.0 Å². The summed E-state index contributed by atoms with van der Waals surface area (Å²) >= 11 is 3.51. The van der Waals surface area contributed by atoms with Crippen molar-refractivity contribution in [3.8, 4) is 0 Å². The Labute approximate surface area is 135 Å². The summed E-state index contributed by atoms with van der Waals surface area (Å²) in [5, 5.41) is 4.90. The lowest BCUT2D eigenvalue weighted by Gasteiger charge is -2.30. The molecule has 1 N–H and O–H groups in total. The second-order valence-electron chi connectivity index (χ2n) is 6.41. The molecule has 1 heterocycles. The molecule has 0 amide bonds. The zero-order valence-corrected chi connectivity index (χ0v) is 14.4. The smallest absolute Gasteiger partial charge is 0.134 e. The average molecular weight is 350 g/mol. The maximum absolute atomic E-state index is 5.99. The van der Waals surface area contributed by atoms with E-state index in [1.54, 1.807) is 0 Å². The van der Waals surface area contributed by atoms with Crippen molar-refractivity contribution < 1.29 is 4.42 Å². The molecule has 0 bridgehead atoms. The summed E-state index contributed by atoms with van der Waals surface area (Å²) in [6, 6.07) is 9.14. The molecule has 1 aromatic heterocycles. The molecule has 1 fully saturated rings. The highest BCUT2D eigenvalue weighted by atomic mass is 79.9. The molecule has 3 heteroatoms. The van der Waals surface area contributed by atoms with Gasteiger partial charge in [0.2, 0.25) is 0 Å². The zero-order chi connectivity index (χ0) is 14.8. The second kappa shape index (κ2) is 6.53. The Morgan fingerprint density at radius 2 is 1.90 bits per heavy atom. The molecular weight excluding hydrogens is 326 g/mol. The van der Waals surface area contributed by atoms with Gasteiger partial charge in [0.1, 0.15) is 11.3 Å². The van der Waals surface area contributed by atoms with Crippen LogP contribution < -0.4 is 5.32 Å². The summed E-state index contributed by atoms with van der Waals surface area (Å²) in [6.45, 7) is 4.53. The highest BCUT2D eigenvalue weighted by Gasteiger charge is 2.22. The fourth-order valence-electron chi connectivity index (χ4n) is 3.49. The van der Waals surface area contributed by atoms with Gasteiger partial charge in [-0.05, 0) is 56.9 Å². The van der Waals surface area contributed by atoms with Crippen LogP contribution in [0.2, 0.25) is 0 Å². The van der Waals surface area contributed by atoms with Crippen LogP contribution in [-0.4, -0.2) is 6.04 Å². The third kappa shape index (κ3) is 3.51. The topological polar surface area (TPSA) is 25.2 Å². The van der Waals surface area contributed by atoms with Crippen LogP contribution >= 0.6 is 15.9 Å². The molecule has 1 saturated carbocycles. The summed E-state index contributed by atoms with van der Waals surface area (Å²) in [4.78, 5) is 0. The van der Waals surface area contributed by atoms with Crippen LogP contribution in [-0.2, 0) is 0 Å². The maximum atomic E-state index is 5.99. The first-order valence-corrected chi connectivity index (χ1v) is 8.88. The van der Waals surface area contributed by atoms with Crippen LogP contribution in [0.3, 0.4) is 0 Å². The highest BCUT2D eigenvalue weighted by molar-refractivity contribution is 9.10. The molecule has 2 atom stereocenters. The van der Waals surface area contributed by atoms with Gasteiger partial charge in [-0.15, -0.1) is 0 Å². The van der Waals surface area contributed by atoms with E-state index in [1.807, 2.05) is 12.1 Å². The van der Waals surface area contributed by atoms with Crippen LogP contribution in [0.4, 0.5) is 0 Å². The van der Waals surface area contributed by atoms with E-state index >= 15 is 0 Å². The normalized spacial score (nSPS) is 19.8. The first-order chi connectivity index (χ1) is 10.1. The van der Waals surface area contributed by atoms with Gasteiger partial charge in [-0.1, -0.05) is 35.2 Å². The molecule has 0 aliphatic heterocycles. The monoisotopic (exact) mass is 349 g/mol.